The predicted molar refractivity (Wildman–Crippen MR) is 57.3 cm³/mol. The van der Waals surface area contributed by atoms with E-state index in [1.165, 1.54) is 4.90 Å². The molecule has 0 radical (unpaired) electrons. The molecule has 0 rings (SSSR count). The van der Waals surface area contributed by atoms with Crippen molar-refractivity contribution < 1.29 is 14.7 Å². The molecule has 1 atom stereocenters. The molecule has 0 bridgehead atoms. The van der Waals surface area contributed by atoms with Gasteiger partial charge in [0.2, 0.25) is 5.91 Å². The van der Waals surface area contributed by atoms with E-state index in [0.717, 1.165) is 0 Å². The SMILES string of the molecule is CCN(CCC#N)C(=O)C(N)CCC(=O)O. The molecule has 16 heavy (non-hydrogen) atoms. The summed E-state index contributed by atoms with van der Waals surface area (Å²) in [6.07, 6.45) is 0.255. The Labute approximate surface area is 94.6 Å². The van der Waals surface area contributed by atoms with Crippen molar-refractivity contribution in [3.05, 3.63) is 0 Å². The predicted octanol–water partition coefficient (Wildman–Crippen LogP) is -0.0593. The van der Waals surface area contributed by atoms with Crippen LogP contribution in [0.1, 0.15) is 26.2 Å². The maximum Gasteiger partial charge on any atom is 0.303 e. The molecule has 0 heterocycles. The van der Waals surface area contributed by atoms with Gasteiger partial charge in [-0.05, 0) is 13.3 Å². The van der Waals surface area contributed by atoms with Crippen LogP contribution in [-0.2, 0) is 9.59 Å². The molecule has 0 spiro atoms. The number of carbonyl (C=O) groups is 2. The zero-order valence-electron chi connectivity index (χ0n) is 9.35. The summed E-state index contributed by atoms with van der Waals surface area (Å²) in [7, 11) is 0. The number of aliphatic carboxylic acids is 1. The van der Waals surface area contributed by atoms with Gasteiger partial charge in [0.15, 0.2) is 0 Å². The van der Waals surface area contributed by atoms with Gasteiger partial charge in [0.25, 0.3) is 0 Å². The molecule has 0 fully saturated rings. The van der Waals surface area contributed by atoms with Crippen LogP contribution in [0.5, 0.6) is 0 Å². The maximum atomic E-state index is 11.7. The molecule has 0 saturated heterocycles. The summed E-state index contributed by atoms with van der Waals surface area (Å²) in [5.74, 6) is -1.26. The summed E-state index contributed by atoms with van der Waals surface area (Å²) in [5.41, 5.74) is 5.58. The van der Waals surface area contributed by atoms with E-state index in [1.54, 1.807) is 6.92 Å². The fourth-order valence-corrected chi connectivity index (χ4v) is 1.25. The number of nitrogens with two attached hydrogens (primary N) is 1. The van der Waals surface area contributed by atoms with Gasteiger partial charge in [0.1, 0.15) is 0 Å². The molecule has 6 nitrogen and oxygen atoms in total. The van der Waals surface area contributed by atoms with Crippen molar-refractivity contribution in [1.82, 2.24) is 4.90 Å². The van der Waals surface area contributed by atoms with Gasteiger partial charge in [-0.3, -0.25) is 9.59 Å². The van der Waals surface area contributed by atoms with Crippen LogP contribution < -0.4 is 5.73 Å². The van der Waals surface area contributed by atoms with Gasteiger partial charge in [-0.15, -0.1) is 0 Å². The Morgan fingerprint density at radius 2 is 2.19 bits per heavy atom. The molecule has 6 heteroatoms. The Kier molecular flexibility index (Phi) is 6.88. The average Bonchev–Trinajstić information content (AvgIpc) is 2.26. The van der Waals surface area contributed by atoms with Gasteiger partial charge in [-0.1, -0.05) is 0 Å². The zero-order valence-corrected chi connectivity index (χ0v) is 9.35. The summed E-state index contributed by atoms with van der Waals surface area (Å²) >= 11 is 0. The van der Waals surface area contributed by atoms with Crippen LogP contribution in [0.4, 0.5) is 0 Å². The monoisotopic (exact) mass is 227 g/mol. The smallest absolute Gasteiger partial charge is 0.303 e. The lowest BCUT2D eigenvalue weighted by molar-refractivity contribution is -0.137. The van der Waals surface area contributed by atoms with Crippen LogP contribution in [0.2, 0.25) is 0 Å². The normalized spacial score (nSPS) is 11.6. The molecule has 1 amide bonds. The number of nitriles is 1. The van der Waals surface area contributed by atoms with Crippen molar-refractivity contribution in [2.24, 2.45) is 5.73 Å². The minimum Gasteiger partial charge on any atom is -0.481 e. The van der Waals surface area contributed by atoms with Crippen LogP contribution >= 0.6 is 0 Å². The van der Waals surface area contributed by atoms with Gasteiger partial charge in [0.05, 0.1) is 18.5 Å². The van der Waals surface area contributed by atoms with Crippen molar-refractivity contribution in [2.45, 2.75) is 32.2 Å². The fourth-order valence-electron chi connectivity index (χ4n) is 1.25. The summed E-state index contributed by atoms with van der Waals surface area (Å²) in [6, 6.07) is 1.15. The third-order valence-corrected chi connectivity index (χ3v) is 2.17. The second-order valence-corrected chi connectivity index (χ2v) is 3.36. The summed E-state index contributed by atoms with van der Waals surface area (Å²) < 4.78 is 0. The number of hydrogen-bond acceptors (Lipinski definition) is 4. The molecule has 0 aliphatic rings. The number of rotatable bonds is 7. The molecule has 0 aromatic carbocycles. The first kappa shape index (κ1) is 14.4. The second-order valence-electron chi connectivity index (χ2n) is 3.36. The Morgan fingerprint density at radius 1 is 1.56 bits per heavy atom. The van der Waals surface area contributed by atoms with Crippen molar-refractivity contribution in [3.63, 3.8) is 0 Å². The van der Waals surface area contributed by atoms with Gasteiger partial charge in [-0.25, -0.2) is 0 Å². The molecule has 90 valence electrons. The highest BCUT2D eigenvalue weighted by Crippen LogP contribution is 2.01. The summed E-state index contributed by atoms with van der Waals surface area (Å²) in [4.78, 5) is 23.5. The number of carboxylic acids is 1. The van der Waals surface area contributed by atoms with E-state index in [1.807, 2.05) is 6.07 Å². The molecule has 1 unspecified atom stereocenters. The molecule has 0 aromatic rings. The van der Waals surface area contributed by atoms with Crippen molar-refractivity contribution in [3.8, 4) is 6.07 Å². The molecule has 0 aromatic heterocycles. The topological polar surface area (TPSA) is 107 Å². The van der Waals surface area contributed by atoms with Crippen molar-refractivity contribution in [2.75, 3.05) is 13.1 Å². The van der Waals surface area contributed by atoms with E-state index in [4.69, 9.17) is 16.1 Å². The van der Waals surface area contributed by atoms with E-state index in [0.29, 0.717) is 13.1 Å². The zero-order chi connectivity index (χ0) is 12.6. The minimum absolute atomic E-state index is 0.122. The highest BCUT2D eigenvalue weighted by Gasteiger charge is 2.19. The van der Waals surface area contributed by atoms with Gasteiger partial charge in [-0.2, -0.15) is 5.26 Å². The quantitative estimate of drug-likeness (QED) is 0.633. The number of likely N-dealkylation sites (N-methyl/N-ethyl adjacent to an activating group) is 1. The van der Waals surface area contributed by atoms with Crippen LogP contribution in [0, 0.1) is 11.3 Å². The molecule has 3 N–H and O–H groups in total. The third-order valence-electron chi connectivity index (χ3n) is 2.17. The van der Waals surface area contributed by atoms with E-state index >= 15 is 0 Å². The molecular formula is C10H17N3O3. The Hall–Kier alpha value is -1.61. The first-order valence-corrected chi connectivity index (χ1v) is 5.16. The highest BCUT2D eigenvalue weighted by molar-refractivity contribution is 5.82. The maximum absolute atomic E-state index is 11.7. The first-order chi connectivity index (χ1) is 7.52. The molecular weight excluding hydrogens is 210 g/mol. The van der Waals surface area contributed by atoms with Crippen LogP contribution in [0.15, 0.2) is 0 Å². The van der Waals surface area contributed by atoms with Gasteiger partial charge in [0, 0.05) is 19.5 Å². The lowest BCUT2D eigenvalue weighted by Crippen LogP contribution is -2.44. The lowest BCUT2D eigenvalue weighted by atomic mass is 10.1. The fraction of sp³-hybridized carbons (Fsp3) is 0.700. The summed E-state index contributed by atoms with van der Waals surface area (Å²) in [6.45, 7) is 2.60. The Morgan fingerprint density at radius 3 is 2.62 bits per heavy atom. The number of nitrogens with zero attached hydrogens (tertiary/aromatic N) is 2. The van der Waals surface area contributed by atoms with E-state index in [-0.39, 0.29) is 25.2 Å². The number of hydrogen-bond donors (Lipinski definition) is 2. The largest absolute Gasteiger partial charge is 0.481 e. The molecule has 0 saturated carbocycles. The van der Waals surface area contributed by atoms with E-state index < -0.39 is 12.0 Å². The average molecular weight is 227 g/mol. The first-order valence-electron chi connectivity index (χ1n) is 5.16. The highest BCUT2D eigenvalue weighted by atomic mass is 16.4. The number of amides is 1. The number of carboxylic acid groups (broad SMARTS) is 1. The van der Waals surface area contributed by atoms with Crippen LogP contribution in [0.25, 0.3) is 0 Å². The minimum atomic E-state index is -0.969. The van der Waals surface area contributed by atoms with Crippen LogP contribution in [-0.4, -0.2) is 41.0 Å². The number of carbonyl (C=O) groups excluding carboxylic acids is 1. The Bertz CT molecular complexity index is 286. The summed E-state index contributed by atoms with van der Waals surface area (Å²) in [5, 5.41) is 16.9. The lowest BCUT2D eigenvalue weighted by Gasteiger charge is -2.22. The molecule has 0 aliphatic heterocycles. The standard InChI is InChI=1S/C10H17N3O3/c1-2-13(7-3-6-11)10(16)8(12)4-5-9(14)15/h8H,2-5,7,12H2,1H3,(H,14,15). The van der Waals surface area contributed by atoms with Crippen molar-refractivity contribution in [1.29, 1.82) is 5.26 Å². The van der Waals surface area contributed by atoms with Crippen LogP contribution in [0.3, 0.4) is 0 Å². The van der Waals surface area contributed by atoms with Gasteiger partial charge >= 0.3 is 5.97 Å². The van der Waals surface area contributed by atoms with E-state index in [9.17, 15) is 9.59 Å². The Balaban J connectivity index is 4.16. The van der Waals surface area contributed by atoms with Gasteiger partial charge < -0.3 is 15.7 Å². The van der Waals surface area contributed by atoms with Crippen molar-refractivity contribution >= 4 is 11.9 Å². The third kappa shape index (κ3) is 5.32. The second kappa shape index (κ2) is 7.65. The van der Waals surface area contributed by atoms with E-state index in [2.05, 4.69) is 0 Å². The molecule has 0 aliphatic carbocycles.